The predicted octanol–water partition coefficient (Wildman–Crippen LogP) is 7.74. The molecule has 2 aliphatic carbocycles. The van der Waals surface area contributed by atoms with Gasteiger partial charge in [0, 0.05) is 37.6 Å². The van der Waals surface area contributed by atoms with E-state index >= 15 is 0 Å². The molecule has 2 aromatic carbocycles. The molecule has 166 valence electrons. The molecule has 0 atom stereocenters. The summed E-state index contributed by atoms with van der Waals surface area (Å²) in [6, 6.07) is 19.8. The maximum absolute atomic E-state index is 2.49. The van der Waals surface area contributed by atoms with Gasteiger partial charge >= 0.3 is 0 Å². The van der Waals surface area contributed by atoms with Gasteiger partial charge in [0.1, 0.15) is 0 Å². The minimum Gasteiger partial charge on any atom is -0.372 e. The van der Waals surface area contributed by atoms with Gasteiger partial charge in [0.25, 0.3) is 0 Å². The zero-order valence-electron chi connectivity index (χ0n) is 18.6. The van der Waals surface area contributed by atoms with Crippen molar-refractivity contribution >= 4 is 36.2 Å². The fourth-order valence-corrected chi connectivity index (χ4v) is 5.14. The lowest BCUT2D eigenvalue weighted by Gasteiger charge is -2.33. The van der Waals surface area contributed by atoms with E-state index in [1.165, 1.54) is 86.7 Å². The first-order valence-corrected chi connectivity index (χ1v) is 11.4. The molecule has 2 saturated carbocycles. The van der Waals surface area contributed by atoms with Crippen LogP contribution in [0, 0.1) is 0 Å². The largest absolute Gasteiger partial charge is 0.372 e. The number of hydrogen-bond acceptors (Lipinski definition) is 2. The Balaban J connectivity index is 0.00000160. The normalized spacial score (nSPS) is 17.5. The molecule has 0 spiro atoms. The number of hydrogen-bond donors (Lipinski definition) is 0. The van der Waals surface area contributed by atoms with Crippen LogP contribution in [0.5, 0.6) is 0 Å². The Morgan fingerprint density at radius 3 is 1.10 bits per heavy atom. The third kappa shape index (κ3) is 5.86. The van der Waals surface area contributed by atoms with Crippen molar-refractivity contribution in [2.45, 2.75) is 76.3 Å². The molecule has 0 bridgehead atoms. The average Bonchev–Trinajstić information content (AvgIpc) is 2.79. The average molecular weight is 450 g/mol. The third-order valence-corrected chi connectivity index (χ3v) is 7.13. The van der Waals surface area contributed by atoms with Crippen molar-refractivity contribution in [3.8, 4) is 11.1 Å². The molecule has 0 N–H and O–H groups in total. The Morgan fingerprint density at radius 1 is 0.500 bits per heavy atom. The van der Waals surface area contributed by atoms with Crippen molar-refractivity contribution < 1.29 is 0 Å². The maximum Gasteiger partial charge on any atom is 0.0366 e. The molecule has 2 nitrogen and oxygen atoms in total. The summed E-state index contributed by atoms with van der Waals surface area (Å²) in [5, 5.41) is 0. The van der Waals surface area contributed by atoms with Crippen LogP contribution in [-0.4, -0.2) is 26.2 Å². The topological polar surface area (TPSA) is 6.48 Å². The van der Waals surface area contributed by atoms with E-state index in [0.717, 1.165) is 0 Å². The van der Waals surface area contributed by atoms with E-state index in [0.29, 0.717) is 12.1 Å². The van der Waals surface area contributed by atoms with E-state index in [1.54, 1.807) is 0 Å². The van der Waals surface area contributed by atoms with Gasteiger partial charge in [-0.15, -0.1) is 24.8 Å². The lowest BCUT2D eigenvalue weighted by molar-refractivity contribution is 0.427. The summed E-state index contributed by atoms with van der Waals surface area (Å²) in [5.74, 6) is 0. The van der Waals surface area contributed by atoms with Gasteiger partial charge in [-0.2, -0.15) is 0 Å². The van der Waals surface area contributed by atoms with Crippen LogP contribution in [-0.2, 0) is 0 Å². The fraction of sp³-hybridized carbons (Fsp3) is 0.538. The van der Waals surface area contributed by atoms with Crippen LogP contribution < -0.4 is 9.80 Å². The number of nitrogens with zero attached hydrogens (tertiary/aromatic N) is 2. The second-order valence-electron chi connectivity index (χ2n) is 8.90. The van der Waals surface area contributed by atoms with Crippen LogP contribution in [0.3, 0.4) is 0 Å². The van der Waals surface area contributed by atoms with E-state index < -0.39 is 0 Å². The number of rotatable bonds is 5. The minimum absolute atomic E-state index is 0. The first-order valence-electron chi connectivity index (χ1n) is 11.4. The lowest BCUT2D eigenvalue weighted by atomic mass is 9.94. The fourth-order valence-electron chi connectivity index (χ4n) is 5.14. The number of benzene rings is 2. The quantitative estimate of drug-likeness (QED) is 0.461. The van der Waals surface area contributed by atoms with Crippen molar-refractivity contribution in [1.82, 2.24) is 0 Å². The van der Waals surface area contributed by atoms with E-state index in [-0.39, 0.29) is 24.8 Å². The molecule has 2 fully saturated rings. The molecule has 0 amide bonds. The minimum atomic E-state index is 0. The Kier molecular flexibility index (Phi) is 9.84. The highest BCUT2D eigenvalue weighted by Gasteiger charge is 2.19. The summed E-state index contributed by atoms with van der Waals surface area (Å²) in [4.78, 5) is 4.98. The standard InChI is InChI=1S/C26H36N2.2ClH/c1-27(23-9-5-3-6-10-23)25-17-13-21(14-18-25)22-15-19-26(20-16-22)28(2)24-11-7-4-8-12-24;;/h13-20,23-24H,3-12H2,1-2H3;2*1H. The Labute approximate surface area is 195 Å². The van der Waals surface area contributed by atoms with Crippen LogP contribution in [0.25, 0.3) is 11.1 Å². The summed E-state index contributed by atoms with van der Waals surface area (Å²) in [6.45, 7) is 0. The monoisotopic (exact) mass is 448 g/mol. The Hall–Kier alpha value is -1.38. The van der Waals surface area contributed by atoms with Crippen molar-refractivity contribution in [2.75, 3.05) is 23.9 Å². The Bertz CT molecular complexity index is 667. The second kappa shape index (κ2) is 11.9. The van der Waals surface area contributed by atoms with E-state index in [1.807, 2.05) is 0 Å². The molecule has 4 heteroatoms. The second-order valence-corrected chi connectivity index (χ2v) is 8.90. The third-order valence-electron chi connectivity index (χ3n) is 7.13. The van der Waals surface area contributed by atoms with Crippen LogP contribution in [0.4, 0.5) is 11.4 Å². The molecule has 0 unspecified atom stereocenters. The molecule has 2 aromatic rings. The Morgan fingerprint density at radius 2 is 0.800 bits per heavy atom. The van der Waals surface area contributed by atoms with Crippen LogP contribution in [0.15, 0.2) is 48.5 Å². The summed E-state index contributed by atoms with van der Waals surface area (Å²) in [5.41, 5.74) is 5.33. The molecular formula is C26H38Cl2N2. The lowest BCUT2D eigenvalue weighted by Crippen LogP contribution is -2.33. The van der Waals surface area contributed by atoms with Gasteiger partial charge in [0.05, 0.1) is 0 Å². The zero-order chi connectivity index (χ0) is 19.3. The van der Waals surface area contributed by atoms with E-state index in [9.17, 15) is 0 Å². The molecule has 2 aliphatic rings. The highest BCUT2D eigenvalue weighted by atomic mass is 35.5. The van der Waals surface area contributed by atoms with E-state index in [2.05, 4.69) is 72.4 Å². The van der Waals surface area contributed by atoms with Crippen molar-refractivity contribution in [1.29, 1.82) is 0 Å². The van der Waals surface area contributed by atoms with Gasteiger partial charge in [0.2, 0.25) is 0 Å². The van der Waals surface area contributed by atoms with Crippen molar-refractivity contribution in [2.24, 2.45) is 0 Å². The van der Waals surface area contributed by atoms with Crippen molar-refractivity contribution in [3.63, 3.8) is 0 Å². The van der Waals surface area contributed by atoms with Gasteiger partial charge in [-0.25, -0.2) is 0 Å². The molecular weight excluding hydrogens is 411 g/mol. The van der Waals surface area contributed by atoms with E-state index in [4.69, 9.17) is 0 Å². The molecule has 0 aliphatic heterocycles. The summed E-state index contributed by atoms with van der Waals surface area (Å²) < 4.78 is 0. The zero-order valence-corrected chi connectivity index (χ0v) is 20.2. The van der Waals surface area contributed by atoms with Crippen LogP contribution >= 0.6 is 24.8 Å². The molecule has 0 heterocycles. The summed E-state index contributed by atoms with van der Waals surface area (Å²) in [7, 11) is 4.53. The van der Waals surface area contributed by atoms with Gasteiger partial charge in [-0.3, -0.25) is 0 Å². The van der Waals surface area contributed by atoms with Crippen LogP contribution in [0.1, 0.15) is 64.2 Å². The SMILES string of the molecule is CN(c1ccc(-c2ccc(N(C)C3CCCCC3)cc2)cc1)C1CCCCC1.Cl.Cl. The molecule has 30 heavy (non-hydrogen) atoms. The van der Waals surface area contributed by atoms with Gasteiger partial charge < -0.3 is 9.80 Å². The first-order chi connectivity index (χ1) is 13.7. The summed E-state index contributed by atoms with van der Waals surface area (Å²) in [6.07, 6.45) is 13.7. The summed E-state index contributed by atoms with van der Waals surface area (Å²) >= 11 is 0. The van der Waals surface area contributed by atoms with Gasteiger partial charge in [-0.1, -0.05) is 62.8 Å². The molecule has 0 radical (unpaired) electrons. The number of anilines is 2. The predicted molar refractivity (Wildman–Crippen MR) is 137 cm³/mol. The maximum atomic E-state index is 2.49. The molecule has 0 aromatic heterocycles. The highest BCUT2D eigenvalue weighted by molar-refractivity contribution is 5.85. The highest BCUT2D eigenvalue weighted by Crippen LogP contribution is 2.30. The number of halogens is 2. The van der Waals surface area contributed by atoms with Gasteiger partial charge in [-0.05, 0) is 61.1 Å². The molecule has 0 saturated heterocycles. The van der Waals surface area contributed by atoms with Crippen LogP contribution in [0.2, 0.25) is 0 Å². The smallest absolute Gasteiger partial charge is 0.0366 e. The molecule has 4 rings (SSSR count). The first kappa shape index (κ1) is 24.9. The van der Waals surface area contributed by atoms with Crippen molar-refractivity contribution in [3.05, 3.63) is 48.5 Å². The van der Waals surface area contributed by atoms with Gasteiger partial charge in [0.15, 0.2) is 0 Å².